The molecule has 2 rings (SSSR count). The molecule has 0 amide bonds. The van der Waals surface area contributed by atoms with Crippen LogP contribution in [0.2, 0.25) is 0 Å². The Morgan fingerprint density at radius 2 is 1.44 bits per heavy atom. The van der Waals surface area contributed by atoms with Crippen LogP contribution in [-0.4, -0.2) is 5.78 Å². The first-order valence-electron chi connectivity index (χ1n) is 5.87. The standard InChI is InChI=1S/C16H15FO/c1-10-4-6-12(3)13(8-10)16(18)14-9-11(2)5-7-15(14)17/h4-9H,1-3H3. The third-order valence-corrected chi connectivity index (χ3v) is 3.00. The van der Waals surface area contributed by atoms with E-state index in [4.69, 9.17) is 0 Å². The summed E-state index contributed by atoms with van der Waals surface area (Å²) in [6, 6.07) is 10.2. The van der Waals surface area contributed by atoms with Crippen molar-refractivity contribution in [2.75, 3.05) is 0 Å². The van der Waals surface area contributed by atoms with Crippen molar-refractivity contribution in [3.8, 4) is 0 Å². The van der Waals surface area contributed by atoms with Crippen LogP contribution in [0.5, 0.6) is 0 Å². The Bertz CT molecular complexity index is 561. The predicted molar refractivity (Wildman–Crippen MR) is 70.5 cm³/mol. The van der Waals surface area contributed by atoms with Crippen molar-refractivity contribution < 1.29 is 9.18 Å². The van der Waals surface area contributed by atoms with Crippen LogP contribution in [0.25, 0.3) is 0 Å². The van der Waals surface area contributed by atoms with Gasteiger partial charge in [-0.25, -0.2) is 4.39 Å². The molecule has 18 heavy (non-hydrogen) atoms. The fourth-order valence-electron chi connectivity index (χ4n) is 1.94. The number of halogens is 1. The molecule has 2 aromatic rings. The third-order valence-electron chi connectivity index (χ3n) is 3.00. The first-order chi connectivity index (χ1) is 8.49. The number of ketones is 1. The molecule has 1 nitrogen and oxygen atoms in total. The number of benzene rings is 2. The number of aryl methyl sites for hydroxylation is 3. The second kappa shape index (κ2) is 4.73. The van der Waals surface area contributed by atoms with Crippen molar-refractivity contribution in [1.29, 1.82) is 0 Å². The van der Waals surface area contributed by atoms with Gasteiger partial charge < -0.3 is 0 Å². The minimum atomic E-state index is -0.466. The summed E-state index contributed by atoms with van der Waals surface area (Å²) in [5, 5.41) is 0. The molecule has 0 fully saturated rings. The molecule has 0 N–H and O–H groups in total. The smallest absolute Gasteiger partial charge is 0.196 e. The van der Waals surface area contributed by atoms with E-state index in [0.717, 1.165) is 16.7 Å². The zero-order chi connectivity index (χ0) is 13.3. The Kier molecular flexibility index (Phi) is 3.28. The molecule has 0 spiro atoms. The average Bonchev–Trinajstić information content (AvgIpc) is 2.34. The summed E-state index contributed by atoms with van der Waals surface area (Å²) in [5.41, 5.74) is 3.46. The van der Waals surface area contributed by atoms with Gasteiger partial charge in [0.1, 0.15) is 5.82 Å². The van der Waals surface area contributed by atoms with Crippen molar-refractivity contribution in [1.82, 2.24) is 0 Å². The molecule has 0 aliphatic rings. The van der Waals surface area contributed by atoms with Crippen LogP contribution in [0.1, 0.15) is 32.6 Å². The van der Waals surface area contributed by atoms with E-state index in [-0.39, 0.29) is 11.3 Å². The van der Waals surface area contributed by atoms with E-state index in [2.05, 4.69) is 0 Å². The Morgan fingerprint density at radius 1 is 0.889 bits per heavy atom. The quantitative estimate of drug-likeness (QED) is 0.728. The molecule has 2 heteroatoms. The number of carbonyl (C=O) groups excluding carboxylic acids is 1. The van der Waals surface area contributed by atoms with Gasteiger partial charge in [-0.05, 0) is 44.5 Å². The summed E-state index contributed by atoms with van der Waals surface area (Å²) in [7, 11) is 0. The van der Waals surface area contributed by atoms with Crippen LogP contribution in [-0.2, 0) is 0 Å². The Hall–Kier alpha value is -1.96. The monoisotopic (exact) mass is 242 g/mol. The summed E-state index contributed by atoms with van der Waals surface area (Å²) in [5.74, 6) is -0.719. The summed E-state index contributed by atoms with van der Waals surface area (Å²) in [6.07, 6.45) is 0. The minimum absolute atomic E-state index is 0.142. The fourth-order valence-corrected chi connectivity index (χ4v) is 1.94. The SMILES string of the molecule is Cc1ccc(C)c(C(=O)c2cc(C)ccc2F)c1. The van der Waals surface area contributed by atoms with Crippen molar-refractivity contribution >= 4 is 5.78 Å². The molecule has 0 heterocycles. The van der Waals surface area contributed by atoms with E-state index in [1.54, 1.807) is 18.2 Å². The van der Waals surface area contributed by atoms with Crippen LogP contribution in [0.15, 0.2) is 36.4 Å². The highest BCUT2D eigenvalue weighted by Gasteiger charge is 2.16. The van der Waals surface area contributed by atoms with Crippen molar-refractivity contribution in [2.45, 2.75) is 20.8 Å². The maximum Gasteiger partial charge on any atom is 0.196 e. The molecular weight excluding hydrogens is 227 g/mol. The number of rotatable bonds is 2. The van der Waals surface area contributed by atoms with Gasteiger partial charge >= 0.3 is 0 Å². The fraction of sp³-hybridized carbons (Fsp3) is 0.188. The second-order valence-corrected chi connectivity index (χ2v) is 4.63. The molecule has 0 bridgehead atoms. The number of carbonyl (C=O) groups is 1. The predicted octanol–water partition coefficient (Wildman–Crippen LogP) is 3.98. The molecule has 0 atom stereocenters. The summed E-state index contributed by atoms with van der Waals surface area (Å²) >= 11 is 0. The van der Waals surface area contributed by atoms with E-state index >= 15 is 0 Å². The van der Waals surface area contributed by atoms with Gasteiger partial charge in [0.2, 0.25) is 0 Å². The highest BCUT2D eigenvalue weighted by molar-refractivity contribution is 6.10. The summed E-state index contributed by atoms with van der Waals surface area (Å²) in [6.45, 7) is 5.63. The molecule has 0 unspecified atom stereocenters. The van der Waals surface area contributed by atoms with Crippen molar-refractivity contribution in [3.05, 3.63) is 70.0 Å². The lowest BCUT2D eigenvalue weighted by Gasteiger charge is -2.08. The van der Waals surface area contributed by atoms with Crippen LogP contribution in [0.3, 0.4) is 0 Å². The van der Waals surface area contributed by atoms with Crippen molar-refractivity contribution in [3.63, 3.8) is 0 Å². The maximum absolute atomic E-state index is 13.7. The molecule has 0 saturated carbocycles. The maximum atomic E-state index is 13.7. The number of hydrogen-bond acceptors (Lipinski definition) is 1. The van der Waals surface area contributed by atoms with Crippen molar-refractivity contribution in [2.24, 2.45) is 0 Å². The zero-order valence-electron chi connectivity index (χ0n) is 10.8. The van der Waals surface area contributed by atoms with Gasteiger partial charge in [-0.3, -0.25) is 4.79 Å². The zero-order valence-corrected chi connectivity index (χ0v) is 10.8. The van der Waals surface area contributed by atoms with Gasteiger partial charge in [0.05, 0.1) is 5.56 Å². The highest BCUT2D eigenvalue weighted by atomic mass is 19.1. The van der Waals surface area contributed by atoms with Gasteiger partial charge in [0, 0.05) is 5.56 Å². The largest absolute Gasteiger partial charge is 0.288 e. The summed E-state index contributed by atoms with van der Waals surface area (Å²) < 4.78 is 13.7. The van der Waals surface area contributed by atoms with Gasteiger partial charge in [0.25, 0.3) is 0 Å². The lowest BCUT2D eigenvalue weighted by atomic mass is 9.96. The molecule has 0 aliphatic carbocycles. The van der Waals surface area contributed by atoms with Crippen LogP contribution >= 0.6 is 0 Å². The van der Waals surface area contributed by atoms with E-state index < -0.39 is 5.82 Å². The normalized spacial score (nSPS) is 10.4. The van der Waals surface area contributed by atoms with E-state index in [1.165, 1.54) is 6.07 Å². The second-order valence-electron chi connectivity index (χ2n) is 4.63. The Balaban J connectivity index is 2.54. The van der Waals surface area contributed by atoms with E-state index in [0.29, 0.717) is 5.56 Å². The molecule has 92 valence electrons. The lowest BCUT2D eigenvalue weighted by Crippen LogP contribution is -2.07. The van der Waals surface area contributed by atoms with Gasteiger partial charge in [0.15, 0.2) is 5.78 Å². The van der Waals surface area contributed by atoms with E-state index in [1.807, 2.05) is 32.9 Å². The van der Waals surface area contributed by atoms with Gasteiger partial charge in [-0.15, -0.1) is 0 Å². The molecule has 2 aromatic carbocycles. The average molecular weight is 242 g/mol. The van der Waals surface area contributed by atoms with Crippen LogP contribution in [0.4, 0.5) is 4.39 Å². The Morgan fingerprint density at radius 3 is 2.11 bits per heavy atom. The van der Waals surface area contributed by atoms with Gasteiger partial charge in [-0.2, -0.15) is 0 Å². The molecule has 0 aliphatic heterocycles. The molecule has 0 aromatic heterocycles. The molecule has 0 radical (unpaired) electrons. The first-order valence-corrected chi connectivity index (χ1v) is 5.87. The number of hydrogen-bond donors (Lipinski definition) is 0. The first kappa shape index (κ1) is 12.5. The third kappa shape index (κ3) is 2.33. The minimum Gasteiger partial charge on any atom is -0.288 e. The Labute approximate surface area is 106 Å². The highest BCUT2D eigenvalue weighted by Crippen LogP contribution is 2.19. The van der Waals surface area contributed by atoms with Crippen LogP contribution < -0.4 is 0 Å². The molecule has 0 saturated heterocycles. The molecular formula is C16H15FO. The summed E-state index contributed by atoms with van der Waals surface area (Å²) in [4.78, 5) is 12.4. The lowest BCUT2D eigenvalue weighted by molar-refractivity contribution is 0.103. The van der Waals surface area contributed by atoms with Gasteiger partial charge in [-0.1, -0.05) is 29.3 Å². The van der Waals surface area contributed by atoms with Crippen LogP contribution in [0, 0.1) is 26.6 Å². The van der Waals surface area contributed by atoms with E-state index in [9.17, 15) is 9.18 Å². The topological polar surface area (TPSA) is 17.1 Å².